The number of methoxy groups -OCH3 is 1. The number of fused-ring (bicyclic) bond motifs is 3. The third-order valence-corrected chi connectivity index (χ3v) is 5.03. The zero-order chi connectivity index (χ0) is 18.4. The van der Waals surface area contributed by atoms with E-state index in [4.69, 9.17) is 4.74 Å². The summed E-state index contributed by atoms with van der Waals surface area (Å²) in [5, 5.41) is 28.9. The lowest BCUT2D eigenvalue weighted by Crippen LogP contribution is -2.18. The maximum atomic E-state index is 12.9. The Morgan fingerprint density at radius 3 is 2.54 bits per heavy atom. The molecule has 4 rings (SSSR count). The van der Waals surface area contributed by atoms with Crippen molar-refractivity contribution >= 4 is 26.5 Å². The van der Waals surface area contributed by atoms with Gasteiger partial charge >= 0.3 is 0 Å². The first kappa shape index (κ1) is 15.9. The van der Waals surface area contributed by atoms with Crippen LogP contribution in [0.1, 0.15) is 5.56 Å². The van der Waals surface area contributed by atoms with Crippen LogP contribution >= 0.6 is 11.3 Å². The fourth-order valence-corrected chi connectivity index (χ4v) is 3.77. The van der Waals surface area contributed by atoms with Gasteiger partial charge in [-0.3, -0.25) is 4.79 Å². The largest absolute Gasteiger partial charge is 0.504 e. The number of hydrogen-bond acceptors (Lipinski definition) is 7. The minimum atomic E-state index is -0.528. The van der Waals surface area contributed by atoms with Crippen LogP contribution in [-0.2, 0) is 0 Å². The van der Waals surface area contributed by atoms with Crippen LogP contribution in [0.3, 0.4) is 0 Å². The van der Waals surface area contributed by atoms with Crippen molar-refractivity contribution in [2.45, 2.75) is 0 Å². The van der Waals surface area contributed by atoms with Gasteiger partial charge < -0.3 is 14.9 Å². The Balaban J connectivity index is 2.07. The lowest BCUT2D eigenvalue weighted by atomic mass is 10.1. The first-order valence-electron chi connectivity index (χ1n) is 7.49. The maximum Gasteiger partial charge on any atom is 0.277 e. The van der Waals surface area contributed by atoms with Crippen LogP contribution in [0.4, 0.5) is 0 Å². The van der Waals surface area contributed by atoms with Crippen molar-refractivity contribution in [2.75, 3.05) is 7.11 Å². The monoisotopic (exact) mass is 365 g/mol. The van der Waals surface area contributed by atoms with Crippen molar-refractivity contribution in [3.8, 4) is 34.6 Å². The van der Waals surface area contributed by atoms with Crippen molar-refractivity contribution in [1.82, 2.24) is 9.38 Å². The van der Waals surface area contributed by atoms with E-state index in [9.17, 15) is 20.3 Å². The van der Waals surface area contributed by atoms with Gasteiger partial charge in [0.25, 0.3) is 5.56 Å². The minimum absolute atomic E-state index is 0.0973. The topological polar surface area (TPSA) is 108 Å². The molecule has 7 nitrogen and oxygen atoms in total. The molecule has 2 aromatic carbocycles. The number of phenolic OH excluding ortho intramolecular Hbond substituents is 2. The van der Waals surface area contributed by atoms with E-state index in [-0.39, 0.29) is 22.8 Å². The standard InChI is InChI=1S/C18H11N3O4S/c1-25-10-4-2-9(3-5-10)16-11(8-19)17(24)21-12-6-13(22)14(23)7-15(12)26-18(21)20-16/h2-7,22-23H,1H3. The molecule has 0 aliphatic rings. The second-order valence-electron chi connectivity index (χ2n) is 5.51. The average molecular weight is 365 g/mol. The Kier molecular flexibility index (Phi) is 3.52. The summed E-state index contributed by atoms with van der Waals surface area (Å²) in [6.45, 7) is 0. The number of ether oxygens (including phenoxy) is 1. The van der Waals surface area contributed by atoms with Crippen LogP contribution in [0, 0.1) is 11.3 Å². The van der Waals surface area contributed by atoms with E-state index in [0.717, 1.165) is 0 Å². The Morgan fingerprint density at radius 1 is 1.19 bits per heavy atom. The molecule has 0 aliphatic carbocycles. The third-order valence-electron chi connectivity index (χ3n) is 4.03. The summed E-state index contributed by atoms with van der Waals surface area (Å²) in [4.78, 5) is 17.7. The van der Waals surface area contributed by atoms with Gasteiger partial charge in [-0.2, -0.15) is 5.26 Å². The molecule has 0 aliphatic heterocycles. The fourth-order valence-electron chi connectivity index (χ4n) is 2.74. The molecule has 0 bridgehead atoms. The van der Waals surface area contributed by atoms with Crippen LogP contribution in [0.25, 0.3) is 26.4 Å². The van der Waals surface area contributed by atoms with Crippen LogP contribution in [-0.4, -0.2) is 26.7 Å². The maximum absolute atomic E-state index is 12.9. The van der Waals surface area contributed by atoms with Gasteiger partial charge in [0.1, 0.15) is 17.4 Å². The molecule has 0 amide bonds. The Labute approximate surface area is 150 Å². The van der Waals surface area contributed by atoms with Crippen molar-refractivity contribution < 1.29 is 14.9 Å². The van der Waals surface area contributed by atoms with Crippen molar-refractivity contribution in [1.29, 1.82) is 5.26 Å². The number of benzene rings is 2. The highest BCUT2D eigenvalue weighted by Gasteiger charge is 2.19. The highest BCUT2D eigenvalue weighted by molar-refractivity contribution is 7.23. The molecule has 2 heterocycles. The molecular weight excluding hydrogens is 354 g/mol. The smallest absolute Gasteiger partial charge is 0.277 e. The number of aromatic nitrogens is 2. The van der Waals surface area contributed by atoms with Gasteiger partial charge in [-0.05, 0) is 24.3 Å². The van der Waals surface area contributed by atoms with E-state index in [1.54, 1.807) is 31.4 Å². The number of phenols is 2. The number of thiazole rings is 1. The molecule has 0 fully saturated rings. The molecule has 26 heavy (non-hydrogen) atoms. The Bertz CT molecular complexity index is 1270. The number of rotatable bonds is 2. The average Bonchev–Trinajstić information content (AvgIpc) is 2.99. The molecule has 0 atom stereocenters. The summed E-state index contributed by atoms with van der Waals surface area (Å²) < 4.78 is 6.96. The van der Waals surface area contributed by atoms with E-state index in [1.165, 1.54) is 27.9 Å². The Hall–Kier alpha value is -3.57. The minimum Gasteiger partial charge on any atom is -0.504 e. The van der Waals surface area contributed by atoms with E-state index in [1.807, 2.05) is 6.07 Å². The molecular formula is C18H11N3O4S. The van der Waals surface area contributed by atoms with Gasteiger partial charge in [0.2, 0.25) is 0 Å². The second-order valence-corrected chi connectivity index (χ2v) is 6.52. The lowest BCUT2D eigenvalue weighted by molar-refractivity contribution is 0.405. The number of nitrogens with zero attached hydrogens (tertiary/aromatic N) is 3. The van der Waals surface area contributed by atoms with E-state index < -0.39 is 5.56 Å². The molecule has 0 saturated carbocycles. The van der Waals surface area contributed by atoms with Gasteiger partial charge in [-0.1, -0.05) is 11.3 Å². The summed E-state index contributed by atoms with van der Waals surface area (Å²) in [6.07, 6.45) is 0. The van der Waals surface area contributed by atoms with Crippen LogP contribution in [0.2, 0.25) is 0 Å². The highest BCUT2D eigenvalue weighted by atomic mass is 32.1. The predicted molar refractivity (Wildman–Crippen MR) is 96.9 cm³/mol. The van der Waals surface area contributed by atoms with E-state index in [2.05, 4.69) is 4.98 Å². The van der Waals surface area contributed by atoms with Gasteiger partial charge in [0.15, 0.2) is 16.5 Å². The molecule has 2 N–H and O–H groups in total. The zero-order valence-electron chi connectivity index (χ0n) is 13.4. The summed E-state index contributed by atoms with van der Waals surface area (Å²) >= 11 is 1.18. The SMILES string of the molecule is COc1ccc(-c2nc3sc4cc(O)c(O)cc4n3c(=O)c2C#N)cc1. The molecule has 8 heteroatoms. The van der Waals surface area contributed by atoms with E-state index in [0.29, 0.717) is 26.5 Å². The van der Waals surface area contributed by atoms with Crippen LogP contribution in [0.5, 0.6) is 17.2 Å². The first-order chi connectivity index (χ1) is 12.5. The van der Waals surface area contributed by atoms with Crippen LogP contribution in [0.15, 0.2) is 41.2 Å². The van der Waals surface area contributed by atoms with Gasteiger partial charge in [-0.25, -0.2) is 9.38 Å². The molecule has 0 saturated heterocycles. The number of nitriles is 1. The molecule has 4 aromatic rings. The van der Waals surface area contributed by atoms with Crippen molar-refractivity contribution in [3.05, 3.63) is 52.3 Å². The predicted octanol–water partition coefficient (Wildman–Crippen LogP) is 2.87. The zero-order valence-corrected chi connectivity index (χ0v) is 14.2. The van der Waals surface area contributed by atoms with Gasteiger partial charge in [-0.15, -0.1) is 0 Å². The Morgan fingerprint density at radius 2 is 1.88 bits per heavy atom. The molecule has 0 radical (unpaired) electrons. The van der Waals surface area contributed by atoms with Gasteiger partial charge in [0.05, 0.1) is 23.0 Å². The van der Waals surface area contributed by atoms with Crippen molar-refractivity contribution in [2.24, 2.45) is 0 Å². The summed E-state index contributed by atoms with van der Waals surface area (Å²) in [6, 6.07) is 11.5. The second kappa shape index (κ2) is 5.75. The van der Waals surface area contributed by atoms with Crippen molar-refractivity contribution in [3.63, 3.8) is 0 Å². The highest BCUT2D eigenvalue weighted by Crippen LogP contribution is 2.35. The summed E-state index contributed by atoms with van der Waals surface area (Å²) in [5.74, 6) is 0.0210. The molecule has 0 spiro atoms. The molecule has 128 valence electrons. The fraction of sp³-hybridized carbons (Fsp3) is 0.0556. The molecule has 0 unspecified atom stereocenters. The van der Waals surface area contributed by atoms with Crippen LogP contribution < -0.4 is 10.3 Å². The number of aromatic hydroxyl groups is 2. The van der Waals surface area contributed by atoms with Gasteiger partial charge in [0, 0.05) is 17.7 Å². The molecule has 2 aromatic heterocycles. The quantitative estimate of drug-likeness (QED) is 0.529. The third kappa shape index (κ3) is 2.26. The lowest BCUT2D eigenvalue weighted by Gasteiger charge is -2.06. The normalized spacial score (nSPS) is 10.9. The number of hydrogen-bond donors (Lipinski definition) is 2. The first-order valence-corrected chi connectivity index (χ1v) is 8.31. The van der Waals surface area contributed by atoms with E-state index >= 15 is 0 Å². The summed E-state index contributed by atoms with van der Waals surface area (Å²) in [5.41, 5.74) is 0.653. The summed E-state index contributed by atoms with van der Waals surface area (Å²) in [7, 11) is 1.55.